The molecule has 7 heteroatoms. The molecule has 4 aromatic heterocycles. The Labute approximate surface area is 446 Å². The second-order valence-corrected chi connectivity index (χ2v) is 23.0. The standard InChI is InChI=1S/C69H46N6Si/c1-5-22-47(23-6-1)67-70-68(48-40-43-53(44-41-48)76(50-24-7-2-8-25-50,51-26-9-3-10-27-51)52-28-11-4-12-29-52)72-69(71-67)75-63-38-20-15-32-56(63)58-34-21-39-65(66(58)75)74-62-37-19-16-33-57(62)59-46-49(42-45-64(59)74)73-60-35-17-13-30-54(60)55-31-14-18-36-61(55)73/h1-46H/i1D,5D,6D,22D,23D. The summed E-state index contributed by atoms with van der Waals surface area (Å²) in [5.74, 6) is 0.452. The summed E-state index contributed by atoms with van der Waals surface area (Å²) in [6.45, 7) is 0. The summed E-state index contributed by atoms with van der Waals surface area (Å²) in [5, 5.41) is 11.3. The van der Waals surface area contributed by atoms with Crippen LogP contribution in [0.15, 0.2) is 279 Å². The van der Waals surface area contributed by atoms with Crippen LogP contribution in [0.3, 0.4) is 0 Å². The molecule has 0 aliphatic carbocycles. The van der Waals surface area contributed by atoms with Crippen LogP contribution in [0.4, 0.5) is 0 Å². The first-order valence-corrected chi connectivity index (χ1v) is 27.4. The fourth-order valence-corrected chi connectivity index (χ4v) is 16.7. The minimum Gasteiger partial charge on any atom is -0.309 e. The highest BCUT2D eigenvalue weighted by molar-refractivity contribution is 7.19. The molecular formula is C69H46N6Si. The summed E-state index contributed by atoms with van der Waals surface area (Å²) in [7, 11) is -2.92. The van der Waals surface area contributed by atoms with Crippen LogP contribution in [0.5, 0.6) is 0 Å². The second kappa shape index (κ2) is 17.6. The van der Waals surface area contributed by atoms with Gasteiger partial charge in [-0.05, 0) is 69.3 Å². The molecule has 0 amide bonds. The minimum atomic E-state index is -2.92. The molecule has 0 aliphatic rings. The van der Waals surface area contributed by atoms with Gasteiger partial charge in [0.25, 0.3) is 0 Å². The van der Waals surface area contributed by atoms with Crippen LogP contribution in [-0.4, -0.2) is 36.7 Å². The molecule has 4 heterocycles. The summed E-state index contributed by atoms with van der Waals surface area (Å²) in [4.78, 5) is 15.6. The number of para-hydroxylation sites is 5. The van der Waals surface area contributed by atoms with Crippen LogP contribution in [0.25, 0.3) is 106 Å². The van der Waals surface area contributed by atoms with E-state index in [4.69, 9.17) is 19.1 Å². The Bertz CT molecular complexity index is 4820. The normalized spacial score (nSPS) is 12.9. The van der Waals surface area contributed by atoms with Crippen molar-refractivity contribution in [1.82, 2.24) is 28.7 Å². The SMILES string of the molecule is [2H]c1c([2H])c([2H])c(-c2nc(-c3ccc([Si](c4ccccc4)(c4ccccc4)c4ccccc4)cc3)nc(-n3c4ccccc4c4cccc(-n5c6ccccc6c6cc(-n7c8ccccc8c8ccccc87)ccc65)c43)n2)c([2H])c1[2H]. The third-order valence-corrected chi connectivity index (χ3v) is 19.9. The molecule has 6 nitrogen and oxygen atoms in total. The lowest BCUT2D eigenvalue weighted by atomic mass is 10.1. The quantitative estimate of drug-likeness (QED) is 0.107. The Morgan fingerprint density at radius 1 is 0.316 bits per heavy atom. The first-order valence-electron chi connectivity index (χ1n) is 27.9. The van der Waals surface area contributed by atoms with Crippen molar-refractivity contribution in [2.24, 2.45) is 0 Å². The molecule has 0 saturated heterocycles. The van der Waals surface area contributed by atoms with E-state index in [-0.39, 0.29) is 23.2 Å². The van der Waals surface area contributed by atoms with Gasteiger partial charge in [0.05, 0.1) is 45.6 Å². The van der Waals surface area contributed by atoms with E-state index in [0.29, 0.717) is 5.56 Å². The Morgan fingerprint density at radius 2 is 0.750 bits per heavy atom. The van der Waals surface area contributed by atoms with Crippen LogP contribution < -0.4 is 20.7 Å². The van der Waals surface area contributed by atoms with Gasteiger partial charge in [-0.2, -0.15) is 9.97 Å². The lowest BCUT2D eigenvalue weighted by Crippen LogP contribution is -2.74. The number of hydrogen-bond acceptors (Lipinski definition) is 3. The molecule has 11 aromatic carbocycles. The Morgan fingerprint density at radius 3 is 1.32 bits per heavy atom. The fraction of sp³-hybridized carbons (Fsp3) is 0. The zero-order chi connectivity index (χ0) is 54.5. The van der Waals surface area contributed by atoms with Crippen molar-refractivity contribution in [3.8, 4) is 40.1 Å². The van der Waals surface area contributed by atoms with Crippen LogP contribution >= 0.6 is 0 Å². The first-order chi connectivity index (χ1) is 39.8. The average molecular weight is 992 g/mol. The lowest BCUT2D eigenvalue weighted by molar-refractivity contribution is 0.950. The van der Waals surface area contributed by atoms with Gasteiger partial charge in [0.1, 0.15) is 0 Å². The summed E-state index contributed by atoms with van der Waals surface area (Å²) >= 11 is 0. The maximum atomic E-state index is 9.24. The van der Waals surface area contributed by atoms with Gasteiger partial charge >= 0.3 is 0 Å². The number of hydrogen-bond donors (Lipinski definition) is 0. The van der Waals surface area contributed by atoms with Crippen molar-refractivity contribution in [3.63, 3.8) is 0 Å². The van der Waals surface area contributed by atoms with Crippen LogP contribution in [0.2, 0.25) is 0 Å². The number of fused-ring (bicyclic) bond motifs is 9. The van der Waals surface area contributed by atoms with Crippen LogP contribution in [0, 0.1) is 0 Å². The van der Waals surface area contributed by atoms with E-state index >= 15 is 0 Å². The van der Waals surface area contributed by atoms with Crippen molar-refractivity contribution >= 4 is 94.2 Å². The Balaban J connectivity index is 0.980. The second-order valence-electron chi connectivity index (χ2n) is 19.2. The molecule has 356 valence electrons. The summed E-state index contributed by atoms with van der Waals surface area (Å²) in [6.07, 6.45) is 0. The number of nitrogens with zero attached hydrogens (tertiary/aromatic N) is 6. The molecule has 76 heavy (non-hydrogen) atoms. The molecule has 0 aliphatic heterocycles. The lowest BCUT2D eigenvalue weighted by Gasteiger charge is -2.34. The highest BCUT2D eigenvalue weighted by atomic mass is 28.3. The van der Waals surface area contributed by atoms with Gasteiger partial charge in [0, 0.05) is 49.1 Å². The van der Waals surface area contributed by atoms with E-state index in [1.54, 1.807) is 0 Å². The van der Waals surface area contributed by atoms with E-state index in [2.05, 4.69) is 228 Å². The zero-order valence-electron chi connectivity index (χ0n) is 45.9. The van der Waals surface area contributed by atoms with Crippen molar-refractivity contribution in [1.29, 1.82) is 0 Å². The third-order valence-electron chi connectivity index (χ3n) is 15.2. The van der Waals surface area contributed by atoms with Gasteiger partial charge in [0.15, 0.2) is 19.7 Å². The molecule has 0 atom stereocenters. The largest absolute Gasteiger partial charge is 0.309 e. The maximum Gasteiger partial charge on any atom is 0.238 e. The highest BCUT2D eigenvalue weighted by Gasteiger charge is 2.41. The van der Waals surface area contributed by atoms with Gasteiger partial charge in [-0.25, -0.2) is 4.98 Å². The zero-order valence-corrected chi connectivity index (χ0v) is 41.9. The molecule has 0 saturated carbocycles. The summed E-state index contributed by atoms with van der Waals surface area (Å²) in [6, 6.07) is 85.2. The molecule has 0 fully saturated rings. The summed E-state index contributed by atoms with van der Waals surface area (Å²) < 4.78 is 51.3. The predicted molar refractivity (Wildman–Crippen MR) is 317 cm³/mol. The molecule has 0 radical (unpaired) electrons. The van der Waals surface area contributed by atoms with E-state index < -0.39 is 38.3 Å². The number of benzene rings is 11. The maximum absolute atomic E-state index is 9.24. The highest BCUT2D eigenvalue weighted by Crippen LogP contribution is 2.41. The van der Waals surface area contributed by atoms with E-state index in [0.717, 1.165) is 71.2 Å². The topological polar surface area (TPSA) is 53.5 Å². The van der Waals surface area contributed by atoms with E-state index in [1.807, 2.05) is 34.9 Å². The first kappa shape index (κ1) is 38.6. The van der Waals surface area contributed by atoms with Crippen molar-refractivity contribution in [2.75, 3.05) is 0 Å². The molecule has 15 aromatic rings. The predicted octanol–water partition coefficient (Wildman–Crippen LogP) is 13.9. The number of aromatic nitrogens is 6. The Hall–Kier alpha value is -9.95. The molecule has 0 unspecified atom stereocenters. The number of rotatable bonds is 9. The van der Waals surface area contributed by atoms with E-state index in [9.17, 15) is 2.74 Å². The molecule has 0 N–H and O–H groups in total. The van der Waals surface area contributed by atoms with Gasteiger partial charge < -0.3 is 9.13 Å². The van der Waals surface area contributed by atoms with E-state index in [1.165, 1.54) is 26.3 Å². The summed E-state index contributed by atoms with van der Waals surface area (Å²) in [5.41, 5.74) is 8.38. The molecular weight excluding hydrogens is 941 g/mol. The van der Waals surface area contributed by atoms with Crippen LogP contribution in [-0.2, 0) is 0 Å². The third kappa shape index (κ3) is 6.69. The van der Waals surface area contributed by atoms with Gasteiger partial charge in [-0.1, -0.05) is 230 Å². The molecule has 0 bridgehead atoms. The smallest absolute Gasteiger partial charge is 0.238 e. The fourth-order valence-electron chi connectivity index (χ4n) is 12.0. The van der Waals surface area contributed by atoms with Crippen molar-refractivity contribution < 1.29 is 6.85 Å². The van der Waals surface area contributed by atoms with Gasteiger partial charge in [0.2, 0.25) is 5.95 Å². The van der Waals surface area contributed by atoms with Crippen molar-refractivity contribution in [2.45, 2.75) is 0 Å². The molecule has 15 rings (SSSR count). The monoisotopic (exact) mass is 991 g/mol. The van der Waals surface area contributed by atoms with Gasteiger partial charge in [-0.15, -0.1) is 0 Å². The average Bonchev–Trinajstić information content (AvgIpc) is 3.08. The molecule has 0 spiro atoms. The van der Waals surface area contributed by atoms with Crippen molar-refractivity contribution in [3.05, 3.63) is 279 Å². The van der Waals surface area contributed by atoms with Gasteiger partial charge in [-0.3, -0.25) is 4.57 Å². The Kier molecular flexibility index (Phi) is 8.96. The van der Waals surface area contributed by atoms with Crippen LogP contribution in [0.1, 0.15) is 6.85 Å². The minimum absolute atomic E-state index is 0.0458.